The van der Waals surface area contributed by atoms with Crippen molar-refractivity contribution in [1.82, 2.24) is 21.4 Å². The van der Waals surface area contributed by atoms with Gasteiger partial charge in [-0.3, -0.25) is 30.6 Å². The number of carbonyl (C=O) groups excluding carboxylic acids is 2. The van der Waals surface area contributed by atoms with Gasteiger partial charge in [0.15, 0.2) is 0 Å². The Labute approximate surface area is 334 Å². The van der Waals surface area contributed by atoms with Crippen LogP contribution >= 0.6 is 0 Å². The van der Waals surface area contributed by atoms with Gasteiger partial charge < -0.3 is 31.6 Å². The lowest BCUT2D eigenvalue weighted by atomic mass is 10.1. The van der Waals surface area contributed by atoms with Crippen molar-refractivity contribution in [3.8, 4) is 11.5 Å². The van der Waals surface area contributed by atoms with Crippen molar-refractivity contribution in [1.29, 1.82) is 0 Å². The van der Waals surface area contributed by atoms with Crippen LogP contribution in [0, 0.1) is 0 Å². The van der Waals surface area contributed by atoms with E-state index < -0.39 is 11.9 Å². The van der Waals surface area contributed by atoms with Crippen molar-refractivity contribution in [3.63, 3.8) is 0 Å². The number of nitrogens with zero attached hydrogens (tertiary/aromatic N) is 8. The fourth-order valence-electron chi connectivity index (χ4n) is 5.23. The van der Waals surface area contributed by atoms with Crippen LogP contribution in [-0.2, 0) is 13.1 Å². The van der Waals surface area contributed by atoms with Crippen molar-refractivity contribution in [2.75, 3.05) is 36.8 Å². The summed E-state index contributed by atoms with van der Waals surface area (Å²) in [7, 11) is 0. The molecule has 2 aromatic heterocycles. The highest BCUT2D eigenvalue weighted by atomic mass is 16.5. The van der Waals surface area contributed by atoms with Crippen LogP contribution < -0.4 is 54.5 Å². The highest BCUT2D eigenvalue weighted by molar-refractivity contribution is 6.00. The SMILES string of the molecule is [N]CC[N+](Cc1ccc(C[N+](CC[N])=C(N)/N=C(\N)Nc2ccc(OC(=O)c3cccnc3)cc2)cc1)=C(N)/N=C(\N)Nc1ccc(OC(=O)c2cccnc2)cc1. The van der Waals surface area contributed by atoms with Crippen LogP contribution in [-0.4, -0.2) is 81.1 Å². The minimum Gasteiger partial charge on any atom is -0.423 e. The minimum atomic E-state index is -0.533. The largest absolute Gasteiger partial charge is 0.423 e. The second kappa shape index (κ2) is 20.8. The Bertz CT molecular complexity index is 2100. The molecular weight excluding hydrogens is 741 g/mol. The molecule has 3 aromatic carbocycles. The van der Waals surface area contributed by atoms with Crippen molar-refractivity contribution in [2.24, 2.45) is 32.9 Å². The smallest absolute Gasteiger partial charge is 0.388 e. The molecule has 58 heavy (non-hydrogen) atoms. The maximum atomic E-state index is 12.3. The number of hydrogen-bond acceptors (Lipinski definition) is 6. The van der Waals surface area contributed by atoms with Gasteiger partial charge in [-0.25, -0.2) is 9.59 Å². The number of benzene rings is 3. The third-order valence-electron chi connectivity index (χ3n) is 8.10. The first-order valence-electron chi connectivity index (χ1n) is 17.8. The first-order valence-corrected chi connectivity index (χ1v) is 17.8. The second-order valence-electron chi connectivity index (χ2n) is 12.4. The number of anilines is 2. The molecule has 0 atom stereocenters. The number of ether oxygens (including phenoxy) is 2. The van der Waals surface area contributed by atoms with E-state index in [-0.39, 0.29) is 50.0 Å². The summed E-state index contributed by atoms with van der Waals surface area (Å²) in [4.78, 5) is 41.0. The molecule has 294 valence electrons. The molecule has 18 heteroatoms. The maximum absolute atomic E-state index is 12.3. The summed E-state index contributed by atoms with van der Waals surface area (Å²) in [5, 5.41) is 5.88. The molecule has 2 heterocycles. The average Bonchev–Trinajstić information content (AvgIpc) is 3.23. The van der Waals surface area contributed by atoms with Gasteiger partial charge in [-0.15, -0.1) is 11.5 Å². The van der Waals surface area contributed by atoms with Crippen LogP contribution in [0.15, 0.2) is 132 Å². The summed E-state index contributed by atoms with van der Waals surface area (Å²) < 4.78 is 14.1. The zero-order valence-electron chi connectivity index (χ0n) is 31.3. The normalized spacial score (nSPS) is 12.5. The third-order valence-corrected chi connectivity index (χ3v) is 8.10. The van der Waals surface area contributed by atoms with E-state index >= 15 is 0 Å². The quantitative estimate of drug-likeness (QED) is 0.0308. The molecule has 0 saturated heterocycles. The lowest BCUT2D eigenvalue weighted by Crippen LogP contribution is -2.33. The predicted octanol–water partition coefficient (Wildman–Crippen LogP) is 1.56. The monoisotopic (exact) mass is 782 g/mol. The van der Waals surface area contributed by atoms with Crippen LogP contribution in [0.4, 0.5) is 11.4 Å². The number of nitrogens with one attached hydrogen (secondary N) is 2. The van der Waals surface area contributed by atoms with E-state index in [9.17, 15) is 21.1 Å². The summed E-state index contributed by atoms with van der Waals surface area (Å²) >= 11 is 0. The summed E-state index contributed by atoms with van der Waals surface area (Å²) in [6.45, 7) is 0.643. The number of guanidine groups is 4. The van der Waals surface area contributed by atoms with Gasteiger partial charge in [-0.05, 0) is 93.9 Å². The fraction of sp³-hybridized carbons (Fsp3) is 0.150. The summed E-state index contributed by atoms with van der Waals surface area (Å²) in [5.74, 6) is -0.242. The number of esters is 2. The molecule has 0 aliphatic rings. The molecule has 5 rings (SSSR count). The zero-order valence-corrected chi connectivity index (χ0v) is 31.3. The topological polar surface area (TPSA) is 282 Å². The van der Waals surface area contributed by atoms with Gasteiger partial charge in [0, 0.05) is 36.2 Å². The van der Waals surface area contributed by atoms with Gasteiger partial charge in [0.05, 0.1) is 50.4 Å². The molecule has 0 bridgehead atoms. The average molecular weight is 783 g/mol. The number of carbonyl (C=O) groups is 2. The molecule has 0 spiro atoms. The number of pyridine rings is 2. The van der Waals surface area contributed by atoms with Crippen LogP contribution in [0.25, 0.3) is 0 Å². The number of rotatable bonds is 14. The predicted molar refractivity (Wildman–Crippen MR) is 218 cm³/mol. The van der Waals surface area contributed by atoms with E-state index in [2.05, 4.69) is 30.6 Å². The molecule has 0 aliphatic heterocycles. The number of aromatic nitrogens is 2. The van der Waals surface area contributed by atoms with Crippen molar-refractivity contribution < 1.29 is 28.2 Å². The standard InChI is InChI=1S/C40H40N14O4/c41-17-21-53(39(45)51-37(43)49-31-9-13-33(14-10-31)57-35(55)29-3-1-19-47-23-29)25-27-5-7-28(8-6-27)26-54(22-18-42)40(46)52-38(44)50-32-11-15-34(16-12-32)58-36(56)30-4-2-20-48-24-30/h1-16,19-20,23-24H,17-18,21-22,25-26H2,(H8,43,44,45,46,49,50,51,52)/p+2. The lowest BCUT2D eigenvalue weighted by molar-refractivity contribution is -0.544. The van der Waals surface area contributed by atoms with E-state index in [0.717, 1.165) is 11.1 Å². The van der Waals surface area contributed by atoms with Gasteiger partial charge >= 0.3 is 23.9 Å². The molecule has 0 fully saturated rings. The molecule has 4 radical (unpaired) electrons. The van der Waals surface area contributed by atoms with Crippen LogP contribution in [0.2, 0.25) is 0 Å². The highest BCUT2D eigenvalue weighted by Crippen LogP contribution is 2.18. The van der Waals surface area contributed by atoms with Gasteiger partial charge in [-0.2, -0.15) is 0 Å². The number of hydrogen-bond donors (Lipinski definition) is 6. The van der Waals surface area contributed by atoms with Crippen LogP contribution in [0.1, 0.15) is 31.8 Å². The molecule has 5 aromatic rings. The number of nitrogens with two attached hydrogens (primary N) is 4. The van der Waals surface area contributed by atoms with Gasteiger partial charge in [0.1, 0.15) is 11.5 Å². The molecular formula is C40H42N14O4+2. The third kappa shape index (κ3) is 12.7. The van der Waals surface area contributed by atoms with Gasteiger partial charge in [0.25, 0.3) is 11.9 Å². The molecule has 0 amide bonds. The van der Waals surface area contributed by atoms with Gasteiger partial charge in [-0.1, -0.05) is 24.3 Å². The van der Waals surface area contributed by atoms with E-state index in [1.54, 1.807) is 94.3 Å². The van der Waals surface area contributed by atoms with Gasteiger partial charge in [0.2, 0.25) is 0 Å². The maximum Gasteiger partial charge on any atom is 0.388 e. The molecule has 0 unspecified atom stereocenters. The zero-order chi connectivity index (χ0) is 41.3. The Morgan fingerprint density at radius 3 is 1.29 bits per heavy atom. The Kier molecular flexibility index (Phi) is 14.9. The molecule has 0 saturated carbocycles. The first-order chi connectivity index (χ1) is 28.1. The summed E-state index contributed by atoms with van der Waals surface area (Å²) in [6.07, 6.45) is 5.97. The molecule has 10 N–H and O–H groups in total. The molecule has 0 aliphatic carbocycles. The van der Waals surface area contributed by atoms with E-state index in [1.165, 1.54) is 12.4 Å². The number of aliphatic imine (C=N–C) groups is 2. The van der Waals surface area contributed by atoms with E-state index in [4.69, 9.17) is 32.4 Å². The summed E-state index contributed by atoms with van der Waals surface area (Å²) in [6, 6.07) is 27.1. The van der Waals surface area contributed by atoms with Crippen molar-refractivity contribution in [3.05, 3.63) is 144 Å². The lowest BCUT2D eigenvalue weighted by Gasteiger charge is -2.11. The Morgan fingerprint density at radius 2 is 0.966 bits per heavy atom. The Balaban J connectivity index is 1.17. The Hall–Kier alpha value is -7.70. The van der Waals surface area contributed by atoms with Crippen molar-refractivity contribution in [2.45, 2.75) is 13.1 Å². The minimum absolute atomic E-state index is 0.00468. The molecule has 18 nitrogen and oxygen atoms in total. The first kappa shape index (κ1) is 41.5. The Morgan fingerprint density at radius 1 is 0.586 bits per heavy atom. The van der Waals surface area contributed by atoms with E-state index in [0.29, 0.717) is 47.1 Å². The second-order valence-corrected chi connectivity index (χ2v) is 12.4. The van der Waals surface area contributed by atoms with Crippen LogP contribution in [0.3, 0.4) is 0 Å². The van der Waals surface area contributed by atoms with E-state index in [1.807, 2.05) is 24.3 Å². The summed E-state index contributed by atoms with van der Waals surface area (Å²) in [5.41, 5.74) is 47.9. The van der Waals surface area contributed by atoms with Crippen molar-refractivity contribution >= 4 is 47.2 Å². The fourth-order valence-corrected chi connectivity index (χ4v) is 5.23. The van der Waals surface area contributed by atoms with Crippen LogP contribution in [0.5, 0.6) is 11.5 Å². The highest BCUT2D eigenvalue weighted by Gasteiger charge is 2.15.